The first-order valence-electron chi connectivity index (χ1n) is 4.07. The van der Waals surface area contributed by atoms with Crippen LogP contribution >= 0.6 is 15.9 Å². The Hall–Kier alpha value is -0.620. The van der Waals surface area contributed by atoms with Gasteiger partial charge in [0, 0.05) is 6.04 Å². The van der Waals surface area contributed by atoms with Gasteiger partial charge in [0.05, 0.1) is 10.9 Å². The number of alkyl halides is 3. The summed E-state index contributed by atoms with van der Waals surface area (Å²) >= 11 is 2.88. The Morgan fingerprint density at radius 2 is 1.93 bits per heavy atom. The van der Waals surface area contributed by atoms with Gasteiger partial charge in [0.2, 0.25) is 0 Å². The Labute approximate surface area is 92.4 Å². The number of hydrogen-bond donors (Lipinski definition) is 1. The third kappa shape index (κ3) is 3.79. The van der Waals surface area contributed by atoms with Crippen molar-refractivity contribution >= 4 is 15.9 Å². The average Bonchev–Trinajstić information content (AvgIpc) is 2.06. The highest BCUT2D eigenvalue weighted by molar-refractivity contribution is 9.10. The maximum absolute atomic E-state index is 12.8. The van der Waals surface area contributed by atoms with Crippen LogP contribution in [-0.2, 0) is 0 Å². The minimum atomic E-state index is -4.32. The lowest BCUT2D eigenvalue weighted by atomic mass is 10.0. The Morgan fingerprint density at radius 3 is 2.40 bits per heavy atom. The van der Waals surface area contributed by atoms with E-state index in [9.17, 15) is 17.6 Å². The molecule has 1 aromatic carbocycles. The van der Waals surface area contributed by atoms with Crippen LogP contribution in [0.1, 0.15) is 18.0 Å². The molecule has 2 N–H and O–H groups in total. The summed E-state index contributed by atoms with van der Waals surface area (Å²) in [5, 5.41) is 0. The van der Waals surface area contributed by atoms with Gasteiger partial charge in [-0.1, -0.05) is 6.07 Å². The molecule has 0 aliphatic rings. The van der Waals surface area contributed by atoms with Crippen molar-refractivity contribution in [3.8, 4) is 0 Å². The molecule has 0 spiro atoms. The van der Waals surface area contributed by atoms with Gasteiger partial charge in [0.1, 0.15) is 5.82 Å². The summed E-state index contributed by atoms with van der Waals surface area (Å²) in [6.07, 6.45) is -5.44. The van der Waals surface area contributed by atoms with Crippen LogP contribution in [0.3, 0.4) is 0 Å². The zero-order valence-electron chi connectivity index (χ0n) is 7.48. The lowest BCUT2D eigenvalue weighted by Gasteiger charge is -2.14. The van der Waals surface area contributed by atoms with Crippen molar-refractivity contribution < 1.29 is 17.6 Å². The molecule has 0 radical (unpaired) electrons. The first-order chi connectivity index (χ1) is 6.79. The van der Waals surface area contributed by atoms with Gasteiger partial charge >= 0.3 is 6.18 Å². The lowest BCUT2D eigenvalue weighted by molar-refractivity contribution is -0.138. The molecule has 0 heterocycles. The predicted molar refractivity (Wildman–Crippen MR) is 51.7 cm³/mol. The zero-order valence-corrected chi connectivity index (χ0v) is 9.07. The van der Waals surface area contributed by atoms with E-state index in [4.69, 9.17) is 5.73 Å². The molecule has 0 aliphatic heterocycles. The van der Waals surface area contributed by atoms with Crippen molar-refractivity contribution in [2.24, 2.45) is 5.73 Å². The standard InChI is InChI=1S/C9H8BrF4N/c10-6-3-5(1-2-7(6)11)8(15)4-9(12,13)14/h1-3,8H,4,15H2/t8-/m0/s1. The molecular weight excluding hydrogens is 278 g/mol. The van der Waals surface area contributed by atoms with Gasteiger partial charge in [0.25, 0.3) is 0 Å². The lowest BCUT2D eigenvalue weighted by Crippen LogP contribution is -2.20. The third-order valence-electron chi connectivity index (χ3n) is 1.82. The quantitative estimate of drug-likeness (QED) is 0.827. The largest absolute Gasteiger partial charge is 0.390 e. The minimum Gasteiger partial charge on any atom is -0.324 e. The van der Waals surface area contributed by atoms with Crippen LogP contribution in [0.25, 0.3) is 0 Å². The smallest absolute Gasteiger partial charge is 0.324 e. The molecule has 0 bridgehead atoms. The number of rotatable bonds is 2. The van der Waals surface area contributed by atoms with Crippen LogP contribution in [0.4, 0.5) is 17.6 Å². The second-order valence-electron chi connectivity index (χ2n) is 3.10. The molecule has 0 unspecified atom stereocenters. The monoisotopic (exact) mass is 285 g/mol. The summed E-state index contributed by atoms with van der Waals surface area (Å²) in [6, 6.07) is 2.42. The summed E-state index contributed by atoms with van der Waals surface area (Å²) in [6.45, 7) is 0. The van der Waals surface area contributed by atoms with Crippen molar-refractivity contribution in [2.45, 2.75) is 18.6 Å². The second-order valence-corrected chi connectivity index (χ2v) is 3.95. The maximum atomic E-state index is 12.8. The van der Waals surface area contributed by atoms with Crippen molar-refractivity contribution in [2.75, 3.05) is 0 Å². The van der Waals surface area contributed by atoms with Crippen molar-refractivity contribution in [3.63, 3.8) is 0 Å². The number of hydrogen-bond acceptors (Lipinski definition) is 1. The maximum Gasteiger partial charge on any atom is 0.390 e. The molecule has 0 aromatic heterocycles. The van der Waals surface area contributed by atoms with Gasteiger partial charge in [-0.05, 0) is 33.6 Å². The van der Waals surface area contributed by atoms with Crippen LogP contribution in [0.5, 0.6) is 0 Å². The van der Waals surface area contributed by atoms with E-state index in [1.54, 1.807) is 0 Å². The fraction of sp³-hybridized carbons (Fsp3) is 0.333. The van der Waals surface area contributed by atoms with Crippen molar-refractivity contribution in [1.29, 1.82) is 0 Å². The Morgan fingerprint density at radius 1 is 1.33 bits per heavy atom. The van der Waals surface area contributed by atoms with Gasteiger partial charge in [-0.3, -0.25) is 0 Å². The molecule has 1 atom stereocenters. The molecule has 1 aromatic rings. The first-order valence-corrected chi connectivity index (χ1v) is 4.86. The van der Waals surface area contributed by atoms with Crippen LogP contribution < -0.4 is 5.73 Å². The SMILES string of the molecule is N[C@@H](CC(F)(F)F)c1ccc(F)c(Br)c1. The number of halogens is 5. The van der Waals surface area contributed by atoms with E-state index in [0.717, 1.165) is 6.07 Å². The molecule has 0 saturated heterocycles. The molecule has 0 saturated carbocycles. The Bertz CT molecular complexity index is 350. The van der Waals surface area contributed by atoms with Gasteiger partial charge < -0.3 is 5.73 Å². The summed E-state index contributed by atoms with van der Waals surface area (Å²) in [5.74, 6) is -0.530. The molecule has 84 valence electrons. The third-order valence-corrected chi connectivity index (χ3v) is 2.43. The molecule has 15 heavy (non-hydrogen) atoms. The fourth-order valence-electron chi connectivity index (χ4n) is 1.11. The van der Waals surface area contributed by atoms with Crippen LogP contribution in [0.15, 0.2) is 22.7 Å². The topological polar surface area (TPSA) is 26.0 Å². The van der Waals surface area contributed by atoms with E-state index in [1.807, 2.05) is 0 Å². The summed E-state index contributed by atoms with van der Waals surface area (Å²) in [5.41, 5.74) is 5.59. The Balaban J connectivity index is 2.83. The highest BCUT2D eigenvalue weighted by Gasteiger charge is 2.31. The van der Waals surface area contributed by atoms with Gasteiger partial charge in [-0.2, -0.15) is 13.2 Å². The van der Waals surface area contributed by atoms with E-state index in [0.29, 0.717) is 0 Å². The average molecular weight is 286 g/mol. The summed E-state index contributed by atoms with van der Waals surface area (Å²) in [7, 11) is 0. The van der Waals surface area contributed by atoms with E-state index >= 15 is 0 Å². The highest BCUT2D eigenvalue weighted by atomic mass is 79.9. The number of benzene rings is 1. The van der Waals surface area contributed by atoms with Gasteiger partial charge in [-0.15, -0.1) is 0 Å². The fourth-order valence-corrected chi connectivity index (χ4v) is 1.51. The minimum absolute atomic E-state index is 0.109. The van der Waals surface area contributed by atoms with Crippen molar-refractivity contribution in [1.82, 2.24) is 0 Å². The Kier molecular flexibility index (Phi) is 3.72. The molecule has 0 aliphatic carbocycles. The number of nitrogens with two attached hydrogens (primary N) is 1. The van der Waals surface area contributed by atoms with Crippen LogP contribution in [-0.4, -0.2) is 6.18 Å². The first kappa shape index (κ1) is 12.4. The molecular formula is C9H8BrF4N. The molecule has 6 heteroatoms. The van der Waals surface area contributed by atoms with Crippen LogP contribution in [0, 0.1) is 5.82 Å². The van der Waals surface area contributed by atoms with E-state index in [2.05, 4.69) is 15.9 Å². The predicted octanol–water partition coefficient (Wildman–Crippen LogP) is 3.54. The second kappa shape index (κ2) is 4.49. The molecule has 0 fully saturated rings. The normalized spacial score (nSPS) is 14.0. The molecule has 1 nitrogen and oxygen atoms in total. The van der Waals surface area contributed by atoms with Gasteiger partial charge in [-0.25, -0.2) is 4.39 Å². The molecule has 0 amide bonds. The van der Waals surface area contributed by atoms with E-state index in [1.165, 1.54) is 12.1 Å². The summed E-state index contributed by atoms with van der Waals surface area (Å²) < 4.78 is 48.9. The highest BCUT2D eigenvalue weighted by Crippen LogP contribution is 2.29. The van der Waals surface area contributed by atoms with E-state index < -0.39 is 24.5 Å². The summed E-state index contributed by atoms with van der Waals surface area (Å²) in [4.78, 5) is 0. The van der Waals surface area contributed by atoms with Crippen LogP contribution in [0.2, 0.25) is 0 Å². The van der Waals surface area contributed by atoms with Gasteiger partial charge in [0.15, 0.2) is 0 Å². The zero-order chi connectivity index (χ0) is 11.6. The molecule has 1 rings (SSSR count). The van der Waals surface area contributed by atoms with E-state index in [-0.39, 0.29) is 10.0 Å². The van der Waals surface area contributed by atoms with Crippen molar-refractivity contribution in [3.05, 3.63) is 34.1 Å².